The third-order valence-electron chi connectivity index (χ3n) is 2.07. The molecule has 0 saturated carbocycles. The number of aromatic nitrogens is 1. The highest BCUT2D eigenvalue weighted by molar-refractivity contribution is 7.13. The van der Waals surface area contributed by atoms with Gasteiger partial charge in [0.15, 0.2) is 0 Å². The summed E-state index contributed by atoms with van der Waals surface area (Å²) in [4.78, 5) is 0. The molecule has 6 heteroatoms. The largest absolute Gasteiger partial charge is 0.416 e. The van der Waals surface area contributed by atoms with Crippen LogP contribution in [-0.4, -0.2) is 4.37 Å². The van der Waals surface area contributed by atoms with Crippen molar-refractivity contribution in [2.24, 2.45) is 5.73 Å². The van der Waals surface area contributed by atoms with E-state index < -0.39 is 11.7 Å². The first-order valence-corrected chi connectivity index (χ1v) is 4.95. The molecule has 1 heterocycles. The van der Waals surface area contributed by atoms with E-state index in [0.717, 1.165) is 28.4 Å². The number of fused-ring (bicyclic) bond motifs is 1. The van der Waals surface area contributed by atoms with Gasteiger partial charge in [0.2, 0.25) is 0 Å². The Morgan fingerprint density at radius 1 is 1.33 bits per heavy atom. The number of benzene rings is 1. The maximum Gasteiger partial charge on any atom is 0.416 e. The minimum atomic E-state index is -4.32. The lowest BCUT2D eigenvalue weighted by Gasteiger charge is -2.05. The molecule has 0 unspecified atom stereocenters. The van der Waals surface area contributed by atoms with E-state index in [-0.39, 0.29) is 6.54 Å². The van der Waals surface area contributed by atoms with Crippen molar-refractivity contribution in [3.63, 3.8) is 0 Å². The van der Waals surface area contributed by atoms with E-state index in [9.17, 15) is 13.2 Å². The van der Waals surface area contributed by atoms with Gasteiger partial charge in [0.1, 0.15) is 0 Å². The zero-order valence-corrected chi connectivity index (χ0v) is 8.32. The van der Waals surface area contributed by atoms with E-state index in [0.29, 0.717) is 11.1 Å². The summed E-state index contributed by atoms with van der Waals surface area (Å²) in [6.07, 6.45) is -4.32. The molecular weight excluding hydrogens is 225 g/mol. The van der Waals surface area contributed by atoms with Gasteiger partial charge < -0.3 is 5.73 Å². The molecule has 2 nitrogen and oxygen atoms in total. The van der Waals surface area contributed by atoms with Gasteiger partial charge >= 0.3 is 6.18 Å². The smallest absolute Gasteiger partial charge is 0.325 e. The lowest BCUT2D eigenvalue weighted by Crippen LogP contribution is -2.04. The Labute approximate surface area is 87.7 Å². The number of hydrogen-bond acceptors (Lipinski definition) is 3. The SMILES string of the molecule is NCc1nsc2ccc(C(F)(F)F)cc12. The Hall–Kier alpha value is -1.14. The molecule has 80 valence electrons. The van der Waals surface area contributed by atoms with E-state index in [1.807, 2.05) is 0 Å². The second-order valence-corrected chi connectivity index (χ2v) is 3.85. The highest BCUT2D eigenvalue weighted by atomic mass is 32.1. The summed E-state index contributed by atoms with van der Waals surface area (Å²) in [6.45, 7) is 0.154. The Kier molecular flexibility index (Phi) is 2.40. The molecule has 1 aromatic carbocycles. The molecule has 0 fully saturated rings. The van der Waals surface area contributed by atoms with E-state index in [2.05, 4.69) is 4.37 Å². The predicted molar refractivity (Wildman–Crippen MR) is 52.5 cm³/mol. The molecule has 0 bridgehead atoms. The van der Waals surface area contributed by atoms with Crippen LogP contribution in [0.2, 0.25) is 0 Å². The van der Waals surface area contributed by atoms with Crippen molar-refractivity contribution in [1.29, 1.82) is 0 Å². The van der Waals surface area contributed by atoms with Crippen LogP contribution in [0, 0.1) is 0 Å². The van der Waals surface area contributed by atoms with Gasteiger partial charge in [0, 0.05) is 11.9 Å². The van der Waals surface area contributed by atoms with Gasteiger partial charge in [-0.2, -0.15) is 17.5 Å². The standard InChI is InChI=1S/C9H7F3N2S/c10-9(11,12)5-1-2-8-6(3-5)7(4-13)14-15-8/h1-3H,4,13H2. The fraction of sp³-hybridized carbons (Fsp3) is 0.222. The molecular formula is C9H7F3N2S. The summed E-state index contributed by atoms with van der Waals surface area (Å²) < 4.78 is 41.9. The molecule has 0 aliphatic heterocycles. The van der Waals surface area contributed by atoms with Gasteiger partial charge in [-0.05, 0) is 29.7 Å². The number of rotatable bonds is 1. The molecule has 0 radical (unpaired) electrons. The second kappa shape index (κ2) is 3.46. The molecule has 0 saturated heterocycles. The number of halogens is 3. The maximum atomic E-state index is 12.4. The van der Waals surface area contributed by atoms with E-state index >= 15 is 0 Å². The van der Waals surface area contributed by atoms with Crippen molar-refractivity contribution in [3.8, 4) is 0 Å². The van der Waals surface area contributed by atoms with Crippen LogP contribution in [0.15, 0.2) is 18.2 Å². The van der Waals surface area contributed by atoms with E-state index in [1.165, 1.54) is 6.07 Å². The average Bonchev–Trinajstić information content (AvgIpc) is 2.57. The highest BCUT2D eigenvalue weighted by Gasteiger charge is 2.30. The number of alkyl halides is 3. The minimum absolute atomic E-state index is 0.154. The molecule has 2 N–H and O–H groups in total. The van der Waals surface area contributed by atoms with Crippen molar-refractivity contribution in [3.05, 3.63) is 29.5 Å². The van der Waals surface area contributed by atoms with Gasteiger partial charge in [-0.3, -0.25) is 0 Å². The van der Waals surface area contributed by atoms with Crippen LogP contribution in [0.3, 0.4) is 0 Å². The van der Waals surface area contributed by atoms with Crippen molar-refractivity contribution < 1.29 is 13.2 Å². The van der Waals surface area contributed by atoms with Crippen molar-refractivity contribution in [1.82, 2.24) is 4.37 Å². The normalized spacial score (nSPS) is 12.3. The molecule has 0 aliphatic rings. The van der Waals surface area contributed by atoms with Crippen LogP contribution in [0.5, 0.6) is 0 Å². The molecule has 0 amide bonds. The van der Waals surface area contributed by atoms with Crippen molar-refractivity contribution in [2.45, 2.75) is 12.7 Å². The lowest BCUT2D eigenvalue weighted by molar-refractivity contribution is -0.137. The minimum Gasteiger partial charge on any atom is -0.325 e. The van der Waals surface area contributed by atoms with Crippen LogP contribution < -0.4 is 5.73 Å². The highest BCUT2D eigenvalue weighted by Crippen LogP contribution is 2.33. The third kappa shape index (κ3) is 1.82. The van der Waals surface area contributed by atoms with Crippen LogP contribution in [0.4, 0.5) is 13.2 Å². The summed E-state index contributed by atoms with van der Waals surface area (Å²) in [5.74, 6) is 0. The summed E-state index contributed by atoms with van der Waals surface area (Å²) in [5, 5.41) is 0.498. The maximum absolute atomic E-state index is 12.4. The molecule has 1 aromatic heterocycles. The number of nitrogens with two attached hydrogens (primary N) is 1. The number of nitrogens with zero attached hydrogens (tertiary/aromatic N) is 1. The van der Waals surface area contributed by atoms with Crippen LogP contribution in [0.1, 0.15) is 11.3 Å². The molecule has 0 aliphatic carbocycles. The first-order valence-electron chi connectivity index (χ1n) is 4.18. The Balaban J connectivity index is 2.63. The van der Waals surface area contributed by atoms with Gasteiger partial charge in [0.05, 0.1) is 16.0 Å². The fourth-order valence-electron chi connectivity index (χ4n) is 1.31. The van der Waals surface area contributed by atoms with Crippen molar-refractivity contribution >= 4 is 21.6 Å². The summed E-state index contributed by atoms with van der Waals surface area (Å²) in [5.41, 5.74) is 5.24. The Morgan fingerprint density at radius 2 is 2.07 bits per heavy atom. The third-order valence-corrected chi connectivity index (χ3v) is 2.93. The number of hydrogen-bond donors (Lipinski definition) is 1. The molecule has 0 spiro atoms. The van der Waals surface area contributed by atoms with Gasteiger partial charge in [0.25, 0.3) is 0 Å². The molecule has 2 rings (SSSR count). The van der Waals surface area contributed by atoms with Crippen LogP contribution in [-0.2, 0) is 12.7 Å². The molecule has 0 atom stereocenters. The quantitative estimate of drug-likeness (QED) is 0.821. The van der Waals surface area contributed by atoms with Gasteiger partial charge in [-0.15, -0.1) is 0 Å². The second-order valence-electron chi connectivity index (χ2n) is 3.04. The molecule has 2 aromatic rings. The monoisotopic (exact) mass is 232 g/mol. The zero-order chi connectivity index (χ0) is 11.1. The topological polar surface area (TPSA) is 38.9 Å². The van der Waals surface area contributed by atoms with Gasteiger partial charge in [-0.1, -0.05) is 0 Å². The zero-order valence-electron chi connectivity index (χ0n) is 7.51. The summed E-state index contributed by atoms with van der Waals surface area (Å²) >= 11 is 1.16. The predicted octanol–water partition coefficient (Wildman–Crippen LogP) is 2.77. The molecule has 15 heavy (non-hydrogen) atoms. The van der Waals surface area contributed by atoms with Crippen LogP contribution in [0.25, 0.3) is 10.1 Å². The Morgan fingerprint density at radius 3 is 2.67 bits per heavy atom. The Bertz CT molecular complexity index is 490. The summed E-state index contributed by atoms with van der Waals surface area (Å²) in [7, 11) is 0. The lowest BCUT2D eigenvalue weighted by atomic mass is 10.1. The van der Waals surface area contributed by atoms with Gasteiger partial charge in [-0.25, -0.2) is 0 Å². The fourth-order valence-corrected chi connectivity index (χ4v) is 2.10. The van der Waals surface area contributed by atoms with Crippen LogP contribution >= 0.6 is 11.5 Å². The summed E-state index contributed by atoms with van der Waals surface area (Å²) in [6, 6.07) is 3.58. The van der Waals surface area contributed by atoms with Crippen molar-refractivity contribution in [2.75, 3.05) is 0 Å². The van der Waals surface area contributed by atoms with E-state index in [1.54, 1.807) is 0 Å². The first-order chi connectivity index (χ1) is 7.02. The van der Waals surface area contributed by atoms with E-state index in [4.69, 9.17) is 5.73 Å². The average molecular weight is 232 g/mol. The first kappa shape index (κ1) is 10.4.